The zero-order valence-electron chi connectivity index (χ0n) is 17.1. The van der Waals surface area contributed by atoms with E-state index >= 15 is 0 Å². The normalized spacial score (nSPS) is 14.5. The van der Waals surface area contributed by atoms with E-state index in [0.717, 1.165) is 55.1 Å². The SMILES string of the molecule is CCN1CCN(c2nc(-c3ccc(Cl)cc3)cc(-c3ccc(Cl)cc3Cl)c2C#N)CC1. The third kappa shape index (κ3) is 4.66. The van der Waals surface area contributed by atoms with E-state index < -0.39 is 0 Å². The van der Waals surface area contributed by atoms with Crippen molar-refractivity contribution in [3.63, 3.8) is 0 Å². The van der Waals surface area contributed by atoms with Crippen molar-refractivity contribution in [2.45, 2.75) is 6.92 Å². The first-order valence-corrected chi connectivity index (χ1v) is 11.3. The number of aromatic nitrogens is 1. The molecule has 1 fully saturated rings. The largest absolute Gasteiger partial charge is 0.353 e. The van der Waals surface area contributed by atoms with Crippen molar-refractivity contribution in [2.75, 3.05) is 37.6 Å². The lowest BCUT2D eigenvalue weighted by atomic mass is 9.97. The van der Waals surface area contributed by atoms with Crippen LogP contribution in [0, 0.1) is 11.3 Å². The Morgan fingerprint density at radius 3 is 2.19 bits per heavy atom. The van der Waals surface area contributed by atoms with E-state index in [0.29, 0.717) is 26.4 Å². The Morgan fingerprint density at radius 2 is 1.58 bits per heavy atom. The predicted molar refractivity (Wildman–Crippen MR) is 129 cm³/mol. The van der Waals surface area contributed by atoms with Gasteiger partial charge in [0.05, 0.1) is 5.69 Å². The zero-order valence-corrected chi connectivity index (χ0v) is 19.3. The number of likely N-dealkylation sites (N-methyl/N-ethyl adjacent to an activating group) is 1. The second kappa shape index (κ2) is 9.46. The molecule has 0 N–H and O–H groups in total. The summed E-state index contributed by atoms with van der Waals surface area (Å²) >= 11 is 18.7. The van der Waals surface area contributed by atoms with Crippen molar-refractivity contribution in [3.8, 4) is 28.5 Å². The molecule has 1 aromatic heterocycles. The highest BCUT2D eigenvalue weighted by Gasteiger charge is 2.24. The lowest BCUT2D eigenvalue weighted by molar-refractivity contribution is 0.270. The van der Waals surface area contributed by atoms with Gasteiger partial charge in [-0.3, -0.25) is 0 Å². The van der Waals surface area contributed by atoms with E-state index in [1.165, 1.54) is 0 Å². The number of nitrogens with zero attached hydrogens (tertiary/aromatic N) is 4. The fraction of sp³-hybridized carbons (Fsp3) is 0.250. The molecule has 1 saturated heterocycles. The molecule has 4 nitrogen and oxygen atoms in total. The van der Waals surface area contributed by atoms with E-state index in [9.17, 15) is 5.26 Å². The highest BCUT2D eigenvalue weighted by molar-refractivity contribution is 6.36. The lowest BCUT2D eigenvalue weighted by Crippen LogP contribution is -2.46. The number of nitriles is 1. The van der Waals surface area contributed by atoms with Gasteiger partial charge in [0.2, 0.25) is 0 Å². The maximum atomic E-state index is 10.1. The summed E-state index contributed by atoms with van der Waals surface area (Å²) in [5.74, 6) is 0.687. The number of pyridine rings is 1. The average molecular weight is 472 g/mol. The van der Waals surface area contributed by atoms with E-state index in [-0.39, 0.29) is 0 Å². The maximum absolute atomic E-state index is 10.1. The molecule has 3 aromatic rings. The van der Waals surface area contributed by atoms with Crippen LogP contribution in [0.15, 0.2) is 48.5 Å². The minimum Gasteiger partial charge on any atom is -0.353 e. The fourth-order valence-electron chi connectivity index (χ4n) is 3.84. The Morgan fingerprint density at radius 1 is 0.903 bits per heavy atom. The second-order valence-corrected chi connectivity index (χ2v) is 8.70. The summed E-state index contributed by atoms with van der Waals surface area (Å²) in [5.41, 5.74) is 3.72. The van der Waals surface area contributed by atoms with Crippen molar-refractivity contribution in [2.24, 2.45) is 0 Å². The molecule has 0 amide bonds. The number of hydrogen-bond donors (Lipinski definition) is 0. The van der Waals surface area contributed by atoms with Gasteiger partial charge >= 0.3 is 0 Å². The van der Waals surface area contributed by atoms with Gasteiger partial charge in [0.15, 0.2) is 0 Å². The Labute approximate surface area is 197 Å². The van der Waals surface area contributed by atoms with Gasteiger partial charge in [-0.2, -0.15) is 5.26 Å². The molecule has 4 rings (SSSR count). The average Bonchev–Trinajstić information content (AvgIpc) is 2.79. The molecule has 2 aromatic carbocycles. The van der Waals surface area contributed by atoms with Crippen LogP contribution in [0.1, 0.15) is 12.5 Å². The molecule has 1 aliphatic rings. The molecule has 0 spiro atoms. The lowest BCUT2D eigenvalue weighted by Gasteiger charge is -2.35. The fourth-order valence-corrected chi connectivity index (χ4v) is 4.47. The molecule has 2 heterocycles. The second-order valence-electron chi connectivity index (χ2n) is 7.42. The number of anilines is 1. The van der Waals surface area contributed by atoms with E-state index in [1.54, 1.807) is 12.1 Å². The molecule has 7 heteroatoms. The predicted octanol–water partition coefficient (Wildman–Crippen LogP) is 6.39. The molecule has 158 valence electrons. The minimum absolute atomic E-state index is 0.499. The van der Waals surface area contributed by atoms with Crippen LogP contribution in [0.2, 0.25) is 15.1 Å². The topological polar surface area (TPSA) is 43.2 Å². The Kier molecular flexibility index (Phi) is 6.69. The van der Waals surface area contributed by atoms with Gasteiger partial charge in [-0.1, -0.05) is 59.9 Å². The van der Waals surface area contributed by atoms with Crippen LogP contribution in [-0.2, 0) is 0 Å². The number of benzene rings is 2. The number of hydrogen-bond acceptors (Lipinski definition) is 4. The first-order valence-electron chi connectivity index (χ1n) is 10.1. The third-order valence-corrected chi connectivity index (χ3v) is 6.39. The monoisotopic (exact) mass is 470 g/mol. The van der Waals surface area contributed by atoms with Gasteiger partial charge in [-0.05, 0) is 36.9 Å². The van der Waals surface area contributed by atoms with Crippen LogP contribution < -0.4 is 4.90 Å². The van der Waals surface area contributed by atoms with E-state index in [2.05, 4.69) is 22.8 Å². The summed E-state index contributed by atoms with van der Waals surface area (Å²) in [7, 11) is 0. The van der Waals surface area contributed by atoms with Gasteiger partial charge in [0, 0.05) is 57.9 Å². The molecule has 0 saturated carbocycles. The standard InChI is InChI=1S/C24H21Cl3N4/c1-2-30-9-11-31(12-10-30)24-21(15-28)20(19-8-7-18(26)13-22(19)27)14-23(29-24)16-3-5-17(25)6-4-16/h3-8,13-14H,2,9-12H2,1H3. The maximum Gasteiger partial charge on any atom is 0.147 e. The number of piperazine rings is 1. The number of rotatable bonds is 4. The minimum atomic E-state index is 0.499. The summed E-state index contributed by atoms with van der Waals surface area (Å²) in [6.45, 7) is 6.68. The first kappa shape index (κ1) is 21.9. The molecule has 1 aliphatic heterocycles. The third-order valence-electron chi connectivity index (χ3n) is 5.59. The van der Waals surface area contributed by atoms with Crippen molar-refractivity contribution >= 4 is 40.6 Å². The zero-order chi connectivity index (χ0) is 22.0. The Balaban J connectivity index is 1.89. The highest BCUT2D eigenvalue weighted by Crippen LogP contribution is 2.38. The highest BCUT2D eigenvalue weighted by atomic mass is 35.5. The van der Waals surface area contributed by atoms with Crippen LogP contribution in [0.4, 0.5) is 5.82 Å². The van der Waals surface area contributed by atoms with Gasteiger partial charge in [-0.15, -0.1) is 0 Å². The first-order chi connectivity index (χ1) is 15.0. The van der Waals surface area contributed by atoms with Gasteiger partial charge in [0.1, 0.15) is 17.5 Å². The van der Waals surface area contributed by atoms with Gasteiger partial charge in [0.25, 0.3) is 0 Å². The summed E-state index contributed by atoms with van der Waals surface area (Å²) in [6.07, 6.45) is 0. The van der Waals surface area contributed by atoms with Gasteiger partial charge < -0.3 is 9.80 Å². The van der Waals surface area contributed by atoms with E-state index in [4.69, 9.17) is 39.8 Å². The quantitative estimate of drug-likeness (QED) is 0.442. The van der Waals surface area contributed by atoms with Crippen molar-refractivity contribution in [1.82, 2.24) is 9.88 Å². The molecular formula is C24H21Cl3N4. The molecular weight excluding hydrogens is 451 g/mol. The van der Waals surface area contributed by atoms with Crippen LogP contribution in [0.3, 0.4) is 0 Å². The molecule has 0 radical (unpaired) electrons. The molecule has 0 unspecified atom stereocenters. The molecule has 0 atom stereocenters. The summed E-state index contributed by atoms with van der Waals surface area (Å²) < 4.78 is 0. The van der Waals surface area contributed by atoms with Crippen LogP contribution in [-0.4, -0.2) is 42.6 Å². The van der Waals surface area contributed by atoms with Crippen LogP contribution in [0.25, 0.3) is 22.4 Å². The summed E-state index contributed by atoms with van der Waals surface area (Å²) in [5, 5.41) is 11.8. The van der Waals surface area contributed by atoms with Crippen molar-refractivity contribution in [1.29, 1.82) is 5.26 Å². The molecule has 0 aliphatic carbocycles. The van der Waals surface area contributed by atoms with Crippen LogP contribution in [0.5, 0.6) is 0 Å². The van der Waals surface area contributed by atoms with Crippen molar-refractivity contribution < 1.29 is 0 Å². The smallest absolute Gasteiger partial charge is 0.147 e. The molecule has 0 bridgehead atoms. The Hall–Kier alpha value is -2.29. The number of halogens is 3. The van der Waals surface area contributed by atoms with Crippen LogP contribution >= 0.6 is 34.8 Å². The summed E-state index contributed by atoms with van der Waals surface area (Å²) in [4.78, 5) is 9.51. The molecule has 31 heavy (non-hydrogen) atoms. The van der Waals surface area contributed by atoms with Gasteiger partial charge in [-0.25, -0.2) is 4.98 Å². The van der Waals surface area contributed by atoms with Crippen molar-refractivity contribution in [3.05, 3.63) is 69.2 Å². The van der Waals surface area contributed by atoms with E-state index in [1.807, 2.05) is 36.4 Å². The Bertz CT molecular complexity index is 1130. The summed E-state index contributed by atoms with van der Waals surface area (Å²) in [6, 6.07) is 17.2.